The monoisotopic (exact) mass is 549 g/mol. The lowest BCUT2D eigenvalue weighted by Crippen LogP contribution is -2.63. The molecule has 41 heavy (non-hydrogen) atoms. The number of aromatic nitrogens is 1. The summed E-state index contributed by atoms with van der Waals surface area (Å²) in [5, 5.41) is 4.43. The minimum Gasteiger partial charge on any atom is -0.454 e. The Balaban J connectivity index is 1.40. The Kier molecular flexibility index (Phi) is 6.45. The van der Waals surface area contributed by atoms with Crippen LogP contribution < -0.4 is 14.8 Å². The molecule has 0 unspecified atom stereocenters. The van der Waals surface area contributed by atoms with Gasteiger partial charge in [-0.2, -0.15) is 0 Å². The SMILES string of the molecule is Cc1ccc2cc3n(c2c1)C[C@](C(=O)NC1CCCCCC1)(c1ccccc1)N(Cc1ccc2c(c1)OCO2)C3=O. The number of carbonyl (C=O) groups is 2. The average Bonchev–Trinajstić information content (AvgIpc) is 3.51. The van der Waals surface area contributed by atoms with Crippen molar-refractivity contribution in [1.29, 1.82) is 0 Å². The van der Waals surface area contributed by atoms with Crippen molar-refractivity contribution in [1.82, 2.24) is 14.8 Å². The molecule has 3 aliphatic rings. The van der Waals surface area contributed by atoms with Crippen molar-refractivity contribution in [2.45, 2.75) is 70.1 Å². The maximum Gasteiger partial charge on any atom is 0.272 e. The maximum absolute atomic E-state index is 14.8. The molecular formula is C34H35N3O4. The van der Waals surface area contributed by atoms with Crippen molar-refractivity contribution >= 4 is 22.7 Å². The van der Waals surface area contributed by atoms with E-state index in [1.165, 1.54) is 12.8 Å². The third-order valence-corrected chi connectivity index (χ3v) is 8.97. The topological polar surface area (TPSA) is 72.8 Å². The summed E-state index contributed by atoms with van der Waals surface area (Å²) < 4.78 is 13.2. The first-order chi connectivity index (χ1) is 20.0. The number of aryl methyl sites for hydroxylation is 1. The Morgan fingerprint density at radius 1 is 0.927 bits per heavy atom. The van der Waals surface area contributed by atoms with E-state index < -0.39 is 5.54 Å². The molecule has 0 radical (unpaired) electrons. The molecule has 7 heteroatoms. The fraction of sp³-hybridized carbons (Fsp3) is 0.353. The zero-order valence-electron chi connectivity index (χ0n) is 23.4. The van der Waals surface area contributed by atoms with Gasteiger partial charge in [0.25, 0.3) is 11.8 Å². The van der Waals surface area contributed by atoms with Gasteiger partial charge in [0.15, 0.2) is 17.0 Å². The number of rotatable bonds is 5. The van der Waals surface area contributed by atoms with Crippen LogP contribution in [0.1, 0.15) is 65.7 Å². The van der Waals surface area contributed by atoms with Crippen molar-refractivity contribution in [3.8, 4) is 11.5 Å². The summed E-state index contributed by atoms with van der Waals surface area (Å²) in [5.41, 5.74) is 3.12. The maximum atomic E-state index is 14.8. The molecule has 2 amide bonds. The highest BCUT2D eigenvalue weighted by Gasteiger charge is 2.53. The van der Waals surface area contributed by atoms with Crippen LogP contribution in [0, 0.1) is 6.92 Å². The number of nitrogens with zero attached hydrogens (tertiary/aromatic N) is 2. The standard InChI is InChI=1S/C34H35N3O4/c1-23-13-15-25-19-29-32(38)37(20-24-14-16-30-31(18-24)41-22-40-30)34(21-36(29)28(25)17-23,26-9-5-4-6-10-26)33(39)35-27-11-7-2-3-8-12-27/h4-6,9-10,13-19,27H,2-3,7-8,11-12,20-22H2,1H3,(H,35,39)/t34-/m1/s1. The number of carbonyl (C=O) groups excluding carboxylic acids is 2. The van der Waals surface area contributed by atoms with E-state index in [2.05, 4.69) is 35.0 Å². The Bertz CT molecular complexity index is 1620. The van der Waals surface area contributed by atoms with Gasteiger partial charge in [0.2, 0.25) is 6.79 Å². The van der Waals surface area contributed by atoms with Crippen molar-refractivity contribution in [2.75, 3.05) is 6.79 Å². The molecular weight excluding hydrogens is 514 g/mol. The van der Waals surface area contributed by atoms with Crippen molar-refractivity contribution in [2.24, 2.45) is 0 Å². The Morgan fingerprint density at radius 3 is 2.51 bits per heavy atom. The molecule has 1 fully saturated rings. The van der Waals surface area contributed by atoms with E-state index in [-0.39, 0.29) is 31.2 Å². The summed E-state index contributed by atoms with van der Waals surface area (Å²) in [7, 11) is 0. The van der Waals surface area contributed by atoms with Gasteiger partial charge in [0.1, 0.15) is 5.69 Å². The Morgan fingerprint density at radius 2 is 1.71 bits per heavy atom. The third kappa shape index (κ3) is 4.44. The highest BCUT2D eigenvalue weighted by molar-refractivity contribution is 6.04. The molecule has 1 aromatic heterocycles. The summed E-state index contributed by atoms with van der Waals surface area (Å²) in [4.78, 5) is 31.2. The molecule has 0 spiro atoms. The summed E-state index contributed by atoms with van der Waals surface area (Å²) >= 11 is 0. The molecule has 2 aliphatic heterocycles. The number of nitrogens with one attached hydrogen (secondary N) is 1. The van der Waals surface area contributed by atoms with Gasteiger partial charge in [0, 0.05) is 23.5 Å². The second kappa shape index (κ2) is 10.3. The smallest absolute Gasteiger partial charge is 0.272 e. The van der Waals surface area contributed by atoms with Gasteiger partial charge in [-0.05, 0) is 60.7 Å². The number of ether oxygens (including phenoxy) is 2. The fourth-order valence-electron chi connectivity index (χ4n) is 6.78. The van der Waals surface area contributed by atoms with E-state index in [4.69, 9.17) is 9.47 Å². The lowest BCUT2D eigenvalue weighted by atomic mass is 9.83. The van der Waals surface area contributed by atoms with Gasteiger partial charge >= 0.3 is 0 Å². The van der Waals surface area contributed by atoms with Crippen molar-refractivity contribution < 1.29 is 19.1 Å². The van der Waals surface area contributed by atoms with E-state index in [1.54, 1.807) is 4.90 Å². The van der Waals surface area contributed by atoms with Gasteiger partial charge < -0.3 is 24.3 Å². The van der Waals surface area contributed by atoms with E-state index in [1.807, 2.05) is 54.6 Å². The zero-order valence-corrected chi connectivity index (χ0v) is 23.4. The first-order valence-corrected chi connectivity index (χ1v) is 14.7. The normalized spacial score (nSPS) is 20.6. The van der Waals surface area contributed by atoms with Crippen LogP contribution in [0.15, 0.2) is 72.8 Å². The molecule has 4 aromatic rings. The molecule has 1 saturated carbocycles. The van der Waals surface area contributed by atoms with Gasteiger partial charge in [-0.3, -0.25) is 9.59 Å². The molecule has 0 saturated heterocycles. The van der Waals surface area contributed by atoms with Crippen LogP contribution in [0.2, 0.25) is 0 Å². The average molecular weight is 550 g/mol. The van der Waals surface area contributed by atoms with Crippen molar-refractivity contribution in [3.05, 3.63) is 95.2 Å². The highest BCUT2D eigenvalue weighted by atomic mass is 16.7. The fourth-order valence-corrected chi connectivity index (χ4v) is 6.78. The summed E-state index contributed by atoms with van der Waals surface area (Å²) in [6.07, 6.45) is 6.53. The first-order valence-electron chi connectivity index (χ1n) is 14.7. The van der Waals surface area contributed by atoms with Crippen LogP contribution in [-0.2, 0) is 23.4 Å². The van der Waals surface area contributed by atoms with Gasteiger partial charge in [-0.1, -0.05) is 74.2 Å². The number of amides is 2. The second-order valence-electron chi connectivity index (χ2n) is 11.6. The number of hydrogen-bond acceptors (Lipinski definition) is 4. The third-order valence-electron chi connectivity index (χ3n) is 8.97. The summed E-state index contributed by atoms with van der Waals surface area (Å²) in [6, 6.07) is 23.8. The second-order valence-corrected chi connectivity index (χ2v) is 11.6. The van der Waals surface area contributed by atoms with Crippen LogP contribution in [0.3, 0.4) is 0 Å². The zero-order chi connectivity index (χ0) is 28.0. The summed E-state index contributed by atoms with van der Waals surface area (Å²) in [5.74, 6) is 1.06. The van der Waals surface area contributed by atoms with E-state index in [0.717, 1.165) is 53.3 Å². The van der Waals surface area contributed by atoms with E-state index in [0.29, 0.717) is 23.7 Å². The minimum atomic E-state index is -1.25. The predicted molar refractivity (Wildman–Crippen MR) is 157 cm³/mol. The van der Waals surface area contributed by atoms with Crippen LogP contribution >= 0.6 is 0 Å². The number of fused-ring (bicyclic) bond motifs is 4. The number of benzene rings is 3. The van der Waals surface area contributed by atoms with Gasteiger partial charge in [-0.25, -0.2) is 0 Å². The lowest BCUT2D eigenvalue weighted by molar-refractivity contribution is -0.136. The van der Waals surface area contributed by atoms with Crippen LogP contribution in [-0.4, -0.2) is 34.1 Å². The molecule has 0 bridgehead atoms. The molecule has 3 heterocycles. The minimum absolute atomic E-state index is 0.0955. The first kappa shape index (κ1) is 25.7. The van der Waals surface area contributed by atoms with Crippen LogP contribution in [0.25, 0.3) is 10.9 Å². The van der Waals surface area contributed by atoms with Crippen LogP contribution in [0.4, 0.5) is 0 Å². The lowest BCUT2D eigenvalue weighted by Gasteiger charge is -2.47. The molecule has 1 N–H and O–H groups in total. The molecule has 7 rings (SSSR count). The van der Waals surface area contributed by atoms with Gasteiger partial charge in [0.05, 0.1) is 6.54 Å². The molecule has 7 nitrogen and oxygen atoms in total. The Hall–Kier alpha value is -4.26. The molecule has 1 atom stereocenters. The number of hydrogen-bond donors (Lipinski definition) is 1. The molecule has 3 aromatic carbocycles. The van der Waals surface area contributed by atoms with Crippen molar-refractivity contribution in [3.63, 3.8) is 0 Å². The molecule has 210 valence electrons. The summed E-state index contributed by atoms with van der Waals surface area (Å²) in [6.45, 7) is 2.81. The molecule has 1 aliphatic carbocycles. The highest BCUT2D eigenvalue weighted by Crippen LogP contribution is 2.42. The van der Waals surface area contributed by atoms with Gasteiger partial charge in [-0.15, -0.1) is 0 Å². The quantitative estimate of drug-likeness (QED) is 0.307. The van der Waals surface area contributed by atoms with E-state index in [9.17, 15) is 9.59 Å². The largest absolute Gasteiger partial charge is 0.454 e. The predicted octanol–water partition coefficient (Wildman–Crippen LogP) is 6.07. The van der Waals surface area contributed by atoms with Crippen LogP contribution in [0.5, 0.6) is 11.5 Å². The Labute approximate surface area is 240 Å². The van der Waals surface area contributed by atoms with E-state index >= 15 is 0 Å².